The maximum absolute atomic E-state index is 10.6. The van der Waals surface area contributed by atoms with Gasteiger partial charge in [0.15, 0.2) is 5.88 Å². The van der Waals surface area contributed by atoms with E-state index in [1.165, 1.54) is 6.07 Å². The van der Waals surface area contributed by atoms with Crippen molar-refractivity contribution in [1.29, 1.82) is 0 Å². The lowest BCUT2D eigenvalue weighted by Gasteiger charge is -2.16. The van der Waals surface area contributed by atoms with Crippen LogP contribution in [0.15, 0.2) is 16.5 Å². The van der Waals surface area contributed by atoms with Gasteiger partial charge in [-0.25, -0.2) is 4.79 Å². The van der Waals surface area contributed by atoms with Gasteiger partial charge in [0.1, 0.15) is 0 Å². The zero-order chi connectivity index (χ0) is 12.3. The van der Waals surface area contributed by atoms with Crippen LogP contribution in [0.5, 0.6) is 0 Å². The Hall–Kier alpha value is -1.49. The maximum atomic E-state index is 10.6. The number of hydrogen-bond donors (Lipinski definition) is 2. The second-order valence-corrected chi connectivity index (χ2v) is 4.22. The van der Waals surface area contributed by atoms with E-state index in [-0.39, 0.29) is 5.76 Å². The van der Waals surface area contributed by atoms with Crippen LogP contribution >= 0.6 is 0 Å². The Morgan fingerprint density at radius 3 is 3.06 bits per heavy atom. The minimum absolute atomic E-state index is 0.0396. The summed E-state index contributed by atoms with van der Waals surface area (Å²) in [5.41, 5.74) is 0. The summed E-state index contributed by atoms with van der Waals surface area (Å²) in [6.07, 6.45) is 2.35. The molecular weight excluding hydrogens is 222 g/mol. The Balaban J connectivity index is 1.86. The minimum atomic E-state index is -1.05. The first-order valence-electron chi connectivity index (χ1n) is 5.89. The Morgan fingerprint density at radius 1 is 1.59 bits per heavy atom. The van der Waals surface area contributed by atoms with Gasteiger partial charge in [-0.05, 0) is 18.9 Å². The van der Waals surface area contributed by atoms with Gasteiger partial charge in [-0.15, -0.1) is 0 Å². The van der Waals surface area contributed by atoms with Gasteiger partial charge in [-0.1, -0.05) is 6.92 Å². The van der Waals surface area contributed by atoms with Crippen molar-refractivity contribution in [3.8, 4) is 0 Å². The highest BCUT2D eigenvalue weighted by Gasteiger charge is 2.26. The first-order chi connectivity index (χ1) is 8.20. The van der Waals surface area contributed by atoms with E-state index in [4.69, 9.17) is 14.3 Å². The fourth-order valence-corrected chi connectivity index (χ4v) is 2.16. The van der Waals surface area contributed by atoms with Crippen molar-refractivity contribution >= 4 is 11.9 Å². The summed E-state index contributed by atoms with van der Waals surface area (Å²) in [7, 11) is 0. The lowest BCUT2D eigenvalue weighted by molar-refractivity contribution is 0.0663. The molecule has 2 atom stereocenters. The second kappa shape index (κ2) is 5.23. The number of nitrogens with one attached hydrogen (secondary N) is 1. The Morgan fingerprint density at radius 2 is 2.41 bits per heavy atom. The number of rotatable bonds is 5. The molecule has 0 bridgehead atoms. The summed E-state index contributed by atoms with van der Waals surface area (Å²) in [5.74, 6) is -0.113. The molecule has 2 rings (SSSR count). The SMILES string of the molecule is CCC1OCCC1CNc1ccc(C(=O)O)o1. The molecule has 1 aliphatic rings. The number of carbonyl (C=O) groups is 1. The van der Waals surface area contributed by atoms with E-state index in [2.05, 4.69) is 12.2 Å². The monoisotopic (exact) mass is 239 g/mol. The van der Waals surface area contributed by atoms with Crippen molar-refractivity contribution in [2.45, 2.75) is 25.9 Å². The molecule has 2 N–H and O–H groups in total. The van der Waals surface area contributed by atoms with Crippen molar-refractivity contribution in [2.24, 2.45) is 5.92 Å². The molecule has 1 aliphatic heterocycles. The van der Waals surface area contributed by atoms with Gasteiger partial charge in [0.2, 0.25) is 5.76 Å². The van der Waals surface area contributed by atoms with Crippen LogP contribution < -0.4 is 5.32 Å². The van der Waals surface area contributed by atoms with Crippen molar-refractivity contribution in [3.63, 3.8) is 0 Å². The molecule has 0 aromatic carbocycles. The van der Waals surface area contributed by atoms with Crippen LogP contribution in [0, 0.1) is 5.92 Å². The first-order valence-corrected chi connectivity index (χ1v) is 5.89. The highest BCUT2D eigenvalue weighted by atomic mass is 16.5. The van der Waals surface area contributed by atoms with Crippen molar-refractivity contribution in [3.05, 3.63) is 17.9 Å². The number of aromatic carboxylic acids is 1. The maximum Gasteiger partial charge on any atom is 0.371 e. The molecule has 0 radical (unpaired) electrons. The molecule has 2 unspecified atom stereocenters. The highest BCUT2D eigenvalue weighted by molar-refractivity contribution is 5.84. The largest absolute Gasteiger partial charge is 0.475 e. The number of hydrogen-bond acceptors (Lipinski definition) is 4. The number of ether oxygens (including phenoxy) is 1. The molecule has 1 aromatic rings. The molecule has 5 heteroatoms. The van der Waals surface area contributed by atoms with E-state index in [1.54, 1.807) is 6.07 Å². The van der Waals surface area contributed by atoms with Gasteiger partial charge in [0.05, 0.1) is 6.10 Å². The number of carboxylic acids is 1. The van der Waals surface area contributed by atoms with Crippen LogP contribution in [-0.2, 0) is 4.74 Å². The fraction of sp³-hybridized carbons (Fsp3) is 0.583. The van der Waals surface area contributed by atoms with Crippen LogP contribution in [0.2, 0.25) is 0 Å². The van der Waals surface area contributed by atoms with E-state index < -0.39 is 5.97 Å². The van der Waals surface area contributed by atoms with Gasteiger partial charge in [-0.3, -0.25) is 0 Å². The van der Waals surface area contributed by atoms with Crippen LogP contribution in [0.25, 0.3) is 0 Å². The normalized spacial score (nSPS) is 23.8. The fourth-order valence-electron chi connectivity index (χ4n) is 2.16. The van der Waals surface area contributed by atoms with Gasteiger partial charge >= 0.3 is 5.97 Å². The summed E-state index contributed by atoms with van der Waals surface area (Å²) >= 11 is 0. The molecule has 0 saturated carbocycles. The molecule has 2 heterocycles. The topological polar surface area (TPSA) is 71.7 Å². The van der Waals surface area contributed by atoms with Gasteiger partial charge in [0, 0.05) is 25.1 Å². The summed E-state index contributed by atoms with van der Waals surface area (Å²) in [4.78, 5) is 10.6. The number of carboxylic acid groups (broad SMARTS) is 1. The van der Waals surface area contributed by atoms with Crippen molar-refractivity contribution < 1.29 is 19.1 Å². The van der Waals surface area contributed by atoms with Gasteiger partial charge in [-0.2, -0.15) is 0 Å². The molecule has 1 fully saturated rings. The highest BCUT2D eigenvalue weighted by Crippen LogP contribution is 2.24. The summed E-state index contributed by atoms with van der Waals surface area (Å²) in [5, 5.41) is 11.8. The smallest absolute Gasteiger partial charge is 0.371 e. The average molecular weight is 239 g/mol. The quantitative estimate of drug-likeness (QED) is 0.824. The predicted molar refractivity (Wildman–Crippen MR) is 62.3 cm³/mol. The molecule has 1 saturated heterocycles. The molecular formula is C12H17NO4. The van der Waals surface area contributed by atoms with Crippen molar-refractivity contribution in [2.75, 3.05) is 18.5 Å². The third kappa shape index (κ3) is 2.79. The molecule has 5 nitrogen and oxygen atoms in total. The molecule has 0 spiro atoms. The van der Waals surface area contributed by atoms with E-state index in [1.807, 2.05) is 0 Å². The predicted octanol–water partition coefficient (Wildman–Crippen LogP) is 2.20. The first kappa shape index (κ1) is 12.0. The molecule has 1 aromatic heterocycles. The number of anilines is 1. The Labute approximate surface area is 99.8 Å². The zero-order valence-electron chi connectivity index (χ0n) is 9.81. The summed E-state index contributed by atoms with van der Waals surface area (Å²) < 4.78 is 10.7. The van der Waals surface area contributed by atoms with Crippen molar-refractivity contribution in [1.82, 2.24) is 0 Å². The van der Waals surface area contributed by atoms with E-state index in [9.17, 15) is 4.79 Å². The number of furan rings is 1. The van der Waals surface area contributed by atoms with Crippen LogP contribution in [0.4, 0.5) is 5.88 Å². The Kier molecular flexibility index (Phi) is 3.68. The third-order valence-electron chi connectivity index (χ3n) is 3.10. The summed E-state index contributed by atoms with van der Waals surface area (Å²) in [6.45, 7) is 3.67. The lowest BCUT2D eigenvalue weighted by atomic mass is 10.00. The van der Waals surface area contributed by atoms with Crippen LogP contribution in [-0.4, -0.2) is 30.3 Å². The van der Waals surface area contributed by atoms with Crippen LogP contribution in [0.1, 0.15) is 30.3 Å². The van der Waals surface area contributed by atoms with E-state index in [0.717, 1.165) is 26.0 Å². The third-order valence-corrected chi connectivity index (χ3v) is 3.10. The van der Waals surface area contributed by atoms with E-state index in [0.29, 0.717) is 17.9 Å². The average Bonchev–Trinajstić information content (AvgIpc) is 2.95. The minimum Gasteiger partial charge on any atom is -0.475 e. The standard InChI is InChI=1S/C12H17NO4/c1-2-9-8(5-6-16-9)7-13-11-4-3-10(17-11)12(14)15/h3-4,8-9,13H,2,5-7H2,1H3,(H,14,15). The Bertz CT molecular complexity index is 388. The molecule has 0 amide bonds. The second-order valence-electron chi connectivity index (χ2n) is 4.22. The molecule has 94 valence electrons. The van der Waals surface area contributed by atoms with Gasteiger partial charge < -0.3 is 19.6 Å². The molecule has 17 heavy (non-hydrogen) atoms. The molecule has 0 aliphatic carbocycles. The summed E-state index contributed by atoms with van der Waals surface area (Å²) in [6, 6.07) is 3.09. The van der Waals surface area contributed by atoms with Gasteiger partial charge in [0.25, 0.3) is 0 Å². The zero-order valence-corrected chi connectivity index (χ0v) is 9.81. The van der Waals surface area contributed by atoms with E-state index >= 15 is 0 Å². The van der Waals surface area contributed by atoms with Crippen LogP contribution in [0.3, 0.4) is 0 Å². The lowest BCUT2D eigenvalue weighted by Crippen LogP contribution is -2.22.